The van der Waals surface area contributed by atoms with E-state index in [0.29, 0.717) is 0 Å². The minimum atomic E-state index is -0.602. The summed E-state index contributed by atoms with van der Waals surface area (Å²) in [4.78, 5) is 0. The summed E-state index contributed by atoms with van der Waals surface area (Å²) in [6.45, 7) is 3.17. The van der Waals surface area contributed by atoms with Gasteiger partial charge in [-0.15, -0.1) is 0 Å². The summed E-state index contributed by atoms with van der Waals surface area (Å²) in [7, 11) is 0. The van der Waals surface area contributed by atoms with Gasteiger partial charge in [0.15, 0.2) is 6.17 Å². The van der Waals surface area contributed by atoms with Crippen molar-refractivity contribution < 1.29 is 45.2 Å². The van der Waals surface area contributed by atoms with Crippen LogP contribution in [0.5, 0.6) is 0 Å². The minimum absolute atomic E-state index is 0. The maximum atomic E-state index is 12.3. The first-order chi connectivity index (χ1) is 4.22. The molecule has 1 aliphatic carbocycles. The van der Waals surface area contributed by atoms with Gasteiger partial charge in [0.1, 0.15) is 5.83 Å². The normalized spacial score (nSPS) is 16.5. The van der Waals surface area contributed by atoms with Gasteiger partial charge in [0.25, 0.3) is 0 Å². The van der Waals surface area contributed by atoms with Gasteiger partial charge in [-0.1, -0.05) is 12.7 Å². The van der Waals surface area contributed by atoms with E-state index in [1.54, 1.807) is 0 Å². The number of rotatable bonds is 0. The largest absolute Gasteiger partial charge is 1.00 e. The van der Waals surface area contributed by atoms with Gasteiger partial charge in [-0.2, -0.15) is 0 Å². The first kappa shape index (κ1) is 13.8. The molecule has 11 heavy (non-hydrogen) atoms. The Balaban J connectivity index is 0. The quantitative estimate of drug-likeness (QED) is 0.520. The molecule has 0 bridgehead atoms. The second-order valence-electron chi connectivity index (χ2n) is 1.70. The average Bonchev–Trinajstić information content (AvgIpc) is 1.83. The number of allylic oxidation sites excluding steroid dienone is 5. The number of halogens is 3. The van der Waals surface area contributed by atoms with Gasteiger partial charge < -0.3 is 17.0 Å². The molecular weight excluding hydrogens is 267 g/mol. The van der Waals surface area contributed by atoms with Gasteiger partial charge >= 0.3 is 0 Å². The van der Waals surface area contributed by atoms with Crippen LogP contribution in [0.15, 0.2) is 36.2 Å². The first-order valence-corrected chi connectivity index (χ1v) is 2.48. The van der Waals surface area contributed by atoms with Crippen molar-refractivity contribution >= 4 is 0 Å². The predicted octanol–water partition coefficient (Wildman–Crippen LogP) is -0.531. The second-order valence-corrected chi connectivity index (χ2v) is 1.70. The van der Waals surface area contributed by atoms with E-state index in [-0.39, 0.29) is 42.0 Å². The van der Waals surface area contributed by atoms with E-state index in [9.17, 15) is 8.78 Å². The Labute approximate surface area is 87.6 Å². The van der Waals surface area contributed by atoms with Crippen molar-refractivity contribution in [2.75, 3.05) is 0 Å². The Morgan fingerprint density at radius 2 is 1.82 bits per heavy atom. The summed E-state index contributed by atoms with van der Waals surface area (Å²) in [5, 5.41) is 0. The van der Waals surface area contributed by atoms with Crippen molar-refractivity contribution in [3.63, 3.8) is 0 Å². The van der Waals surface area contributed by atoms with Crippen LogP contribution in [0.2, 0.25) is 0 Å². The van der Waals surface area contributed by atoms with E-state index in [4.69, 9.17) is 0 Å². The maximum Gasteiger partial charge on any atom is 0.198 e. The van der Waals surface area contributed by atoms with E-state index in [2.05, 4.69) is 6.58 Å². The molecule has 0 aromatic rings. The van der Waals surface area contributed by atoms with Crippen molar-refractivity contribution in [1.29, 1.82) is 0 Å². The molecule has 0 spiro atoms. The fraction of sp³-hybridized carbons (Fsp3) is 0. The Bertz CT molecular complexity index is 199. The van der Waals surface area contributed by atoms with Gasteiger partial charge in [0, 0.05) is 25.1 Å². The summed E-state index contributed by atoms with van der Waals surface area (Å²) >= 11 is 0. The predicted molar refractivity (Wildman–Crippen MR) is 31.8 cm³/mol. The third-order valence-electron chi connectivity index (χ3n) is 1.06. The standard InChI is InChI=1S/C7H5F2.BrH.Zn/c1-5-6(8)3-2-4-7(5)9;;/h2-4H,1H2;1H;/p-1. The molecule has 0 atom stereocenters. The topological polar surface area (TPSA) is 0 Å². The van der Waals surface area contributed by atoms with Gasteiger partial charge in [-0.25, -0.2) is 8.78 Å². The van der Waals surface area contributed by atoms with Crippen LogP contribution in [0.1, 0.15) is 0 Å². The van der Waals surface area contributed by atoms with E-state index < -0.39 is 12.0 Å². The van der Waals surface area contributed by atoms with Crippen molar-refractivity contribution in [3.8, 4) is 0 Å². The molecule has 0 aliphatic heterocycles. The molecule has 57 valence electrons. The minimum Gasteiger partial charge on any atom is -1.00 e. The van der Waals surface area contributed by atoms with Gasteiger partial charge in [0.2, 0.25) is 0 Å². The molecule has 0 fully saturated rings. The first-order valence-electron chi connectivity index (χ1n) is 2.48. The Hall–Kier alpha value is 0.183. The molecule has 4 heteroatoms. The molecule has 1 rings (SSSR count). The third-order valence-corrected chi connectivity index (χ3v) is 1.06. The molecule has 0 aromatic heterocycles. The molecule has 1 radical (unpaired) electrons. The molecule has 0 heterocycles. The second kappa shape index (κ2) is 5.79. The molecule has 0 nitrogen and oxygen atoms in total. The van der Waals surface area contributed by atoms with Crippen LogP contribution in [0.25, 0.3) is 0 Å². The summed E-state index contributed by atoms with van der Waals surface area (Å²) in [6, 6.07) is 0. The molecular formula is C7H5BrF2Zn-. The number of hydrogen-bond donors (Lipinski definition) is 0. The van der Waals surface area contributed by atoms with Gasteiger partial charge in [-0.05, 0) is 12.2 Å². The smallest absolute Gasteiger partial charge is 0.198 e. The zero-order valence-corrected chi connectivity index (χ0v) is 10.3. The molecule has 0 N–H and O–H groups in total. The van der Waals surface area contributed by atoms with Crippen LogP contribution in [0.3, 0.4) is 0 Å². The molecule has 0 unspecified atom stereocenters. The van der Waals surface area contributed by atoms with Crippen molar-refractivity contribution in [2.45, 2.75) is 0 Å². The van der Waals surface area contributed by atoms with Crippen molar-refractivity contribution in [1.82, 2.24) is 0 Å². The van der Waals surface area contributed by atoms with Gasteiger partial charge in [-0.3, -0.25) is 0 Å². The van der Waals surface area contributed by atoms with Crippen LogP contribution in [0, 0.1) is 6.17 Å². The zero-order chi connectivity index (χ0) is 6.85. The fourth-order valence-corrected chi connectivity index (χ4v) is 0.532. The summed E-state index contributed by atoms with van der Waals surface area (Å²) in [5.41, 5.74) is -0.169. The summed E-state index contributed by atoms with van der Waals surface area (Å²) in [5.74, 6) is -0.602. The molecule has 0 amide bonds. The monoisotopic (exact) mass is 270 g/mol. The van der Waals surface area contributed by atoms with E-state index in [1.165, 1.54) is 18.2 Å². The van der Waals surface area contributed by atoms with Crippen LogP contribution in [-0.2, 0) is 19.5 Å². The van der Waals surface area contributed by atoms with Crippen molar-refractivity contribution in [2.24, 2.45) is 0 Å². The summed E-state index contributed by atoms with van der Waals surface area (Å²) < 4.78 is 24.6. The zero-order valence-electron chi connectivity index (χ0n) is 5.78. The van der Waals surface area contributed by atoms with E-state index >= 15 is 0 Å². The Morgan fingerprint density at radius 3 is 2.18 bits per heavy atom. The SMILES string of the molecule is C=C1[C](F)C=CC=C1F.[Br-].[Zn]. The van der Waals surface area contributed by atoms with E-state index in [1.807, 2.05) is 0 Å². The van der Waals surface area contributed by atoms with Crippen LogP contribution < -0.4 is 17.0 Å². The maximum absolute atomic E-state index is 12.3. The number of hydrogen-bond acceptors (Lipinski definition) is 0. The average molecular weight is 272 g/mol. The van der Waals surface area contributed by atoms with Crippen LogP contribution in [0.4, 0.5) is 8.78 Å². The Morgan fingerprint density at radius 1 is 1.27 bits per heavy atom. The molecule has 1 aliphatic rings. The third kappa shape index (κ3) is 3.39. The molecule has 0 saturated carbocycles. The summed E-state index contributed by atoms with van der Waals surface area (Å²) in [6.07, 6.45) is 3.05. The fourth-order valence-electron chi connectivity index (χ4n) is 0.532. The van der Waals surface area contributed by atoms with Crippen LogP contribution in [-0.4, -0.2) is 0 Å². The van der Waals surface area contributed by atoms with Crippen LogP contribution >= 0.6 is 0 Å². The molecule has 0 saturated heterocycles. The van der Waals surface area contributed by atoms with Gasteiger partial charge in [0.05, 0.1) is 0 Å². The Kier molecular flexibility index (Phi) is 7.23. The van der Waals surface area contributed by atoms with Crippen molar-refractivity contribution in [3.05, 3.63) is 42.4 Å². The van der Waals surface area contributed by atoms with E-state index in [0.717, 1.165) is 0 Å². The molecule has 0 aromatic carbocycles.